The van der Waals surface area contributed by atoms with E-state index >= 15 is 0 Å². The molecule has 1 saturated heterocycles. The number of thioether (sulfide) groups is 1. The zero-order valence-corrected chi connectivity index (χ0v) is 22.0. The highest BCUT2D eigenvalue weighted by Gasteiger charge is 2.25. The van der Waals surface area contributed by atoms with Gasteiger partial charge in [0.1, 0.15) is 11.4 Å². The molecule has 0 bridgehead atoms. The number of halogens is 1. The fourth-order valence-corrected chi connectivity index (χ4v) is 5.31. The Bertz CT molecular complexity index is 1500. The van der Waals surface area contributed by atoms with Crippen molar-refractivity contribution in [2.45, 2.75) is 20.4 Å². The summed E-state index contributed by atoms with van der Waals surface area (Å²) in [7, 11) is 1.62. The summed E-state index contributed by atoms with van der Waals surface area (Å²) < 4.78 is 8.79. The van der Waals surface area contributed by atoms with Gasteiger partial charge in [-0.25, -0.2) is 4.99 Å². The topological polar surface area (TPSA) is 55.6 Å². The molecule has 176 valence electrons. The smallest absolute Gasteiger partial charge is 0.264 e. The summed E-state index contributed by atoms with van der Waals surface area (Å²) in [5, 5.41) is 4.56. The number of hydrogen-bond acceptors (Lipinski definition) is 4. The molecule has 0 atom stereocenters. The van der Waals surface area contributed by atoms with Gasteiger partial charge in [-0.15, -0.1) is 0 Å². The van der Waals surface area contributed by atoms with Crippen molar-refractivity contribution in [2.75, 3.05) is 7.11 Å². The van der Waals surface area contributed by atoms with Crippen LogP contribution in [0.15, 0.2) is 81.1 Å². The lowest BCUT2D eigenvalue weighted by Gasteiger charge is -2.09. The lowest BCUT2D eigenvalue weighted by molar-refractivity contribution is -0.115. The number of para-hydroxylation sites is 1. The van der Waals surface area contributed by atoms with Gasteiger partial charge >= 0.3 is 0 Å². The third kappa shape index (κ3) is 4.79. The van der Waals surface area contributed by atoms with Gasteiger partial charge in [0.2, 0.25) is 0 Å². The first-order valence-electron chi connectivity index (χ1n) is 11.2. The first-order chi connectivity index (χ1) is 16.9. The number of rotatable bonds is 5. The van der Waals surface area contributed by atoms with Crippen LogP contribution in [0.5, 0.6) is 5.75 Å². The highest BCUT2D eigenvalue weighted by molar-refractivity contribution is 9.10. The molecule has 1 amide bonds. The molecule has 1 aliphatic heterocycles. The standard InChI is InChI=1S/C28H24BrN3O2S/c1-17-8-13-25(34-3)23(14-17)30-28-31-27(33)26(35-28)15-22-18(2)32(24-7-5-4-6-21(22)24)16-19-9-11-20(29)12-10-19/h4-15H,16H2,1-3H3,(H,30,31,33)/b26-15-. The first kappa shape index (κ1) is 23.5. The summed E-state index contributed by atoms with van der Waals surface area (Å²) in [6.07, 6.45) is 1.98. The van der Waals surface area contributed by atoms with Crippen molar-refractivity contribution >= 4 is 61.4 Å². The van der Waals surface area contributed by atoms with Gasteiger partial charge in [0.15, 0.2) is 5.17 Å². The minimum Gasteiger partial charge on any atom is -0.494 e. The first-order valence-corrected chi connectivity index (χ1v) is 12.8. The Morgan fingerprint density at radius 3 is 2.63 bits per heavy atom. The lowest BCUT2D eigenvalue weighted by atomic mass is 10.1. The van der Waals surface area contributed by atoms with E-state index in [1.807, 2.05) is 43.3 Å². The van der Waals surface area contributed by atoms with Crippen LogP contribution >= 0.6 is 27.7 Å². The molecule has 1 N–H and O–H groups in total. The van der Waals surface area contributed by atoms with Gasteiger partial charge in [-0.1, -0.05) is 52.3 Å². The summed E-state index contributed by atoms with van der Waals surface area (Å²) in [4.78, 5) is 18.1. The average molecular weight is 546 g/mol. The number of amidine groups is 1. The molecule has 35 heavy (non-hydrogen) atoms. The number of aliphatic imine (C=N–C) groups is 1. The van der Waals surface area contributed by atoms with E-state index < -0.39 is 0 Å². The SMILES string of the molecule is COc1ccc(C)cc1N=C1NC(=O)/C(=C/c2c(C)n(Cc3ccc(Br)cc3)c3ccccc23)S1. The number of amides is 1. The van der Waals surface area contributed by atoms with E-state index in [0.29, 0.717) is 21.5 Å². The maximum absolute atomic E-state index is 12.9. The van der Waals surface area contributed by atoms with Crippen molar-refractivity contribution in [3.63, 3.8) is 0 Å². The number of aryl methyl sites for hydroxylation is 1. The van der Waals surface area contributed by atoms with Crippen molar-refractivity contribution in [1.29, 1.82) is 0 Å². The molecule has 1 aromatic heterocycles. The second-order valence-corrected chi connectivity index (χ2v) is 10.3. The summed E-state index contributed by atoms with van der Waals surface area (Å²) in [5.74, 6) is 0.520. The maximum atomic E-state index is 12.9. The minimum absolute atomic E-state index is 0.149. The molecule has 7 heteroatoms. The number of nitrogens with zero attached hydrogens (tertiary/aromatic N) is 2. The molecule has 0 radical (unpaired) electrons. The molecular formula is C28H24BrN3O2S. The van der Waals surface area contributed by atoms with Gasteiger partial charge in [-0.3, -0.25) is 4.79 Å². The van der Waals surface area contributed by atoms with Crippen molar-refractivity contribution in [1.82, 2.24) is 9.88 Å². The Balaban J connectivity index is 1.52. The molecule has 4 aromatic rings. The highest BCUT2D eigenvalue weighted by atomic mass is 79.9. The number of ether oxygens (including phenoxy) is 1. The van der Waals surface area contributed by atoms with E-state index in [0.717, 1.165) is 38.7 Å². The molecule has 0 saturated carbocycles. The fraction of sp³-hybridized carbons (Fsp3) is 0.143. The number of carbonyl (C=O) groups is 1. The number of nitrogens with one attached hydrogen (secondary N) is 1. The molecule has 1 fully saturated rings. The van der Waals surface area contributed by atoms with Crippen LogP contribution < -0.4 is 10.1 Å². The van der Waals surface area contributed by atoms with Crippen LogP contribution in [-0.2, 0) is 11.3 Å². The van der Waals surface area contributed by atoms with Crippen molar-refractivity contribution in [3.8, 4) is 5.75 Å². The van der Waals surface area contributed by atoms with E-state index in [-0.39, 0.29) is 5.91 Å². The van der Waals surface area contributed by atoms with Gasteiger partial charge in [0.25, 0.3) is 5.91 Å². The van der Waals surface area contributed by atoms with Crippen molar-refractivity contribution in [2.24, 2.45) is 4.99 Å². The number of methoxy groups -OCH3 is 1. The Morgan fingerprint density at radius 2 is 1.86 bits per heavy atom. The number of aromatic nitrogens is 1. The van der Waals surface area contributed by atoms with E-state index in [4.69, 9.17) is 4.74 Å². The largest absolute Gasteiger partial charge is 0.494 e. The van der Waals surface area contributed by atoms with Gasteiger partial charge < -0.3 is 14.6 Å². The maximum Gasteiger partial charge on any atom is 0.264 e. The van der Waals surface area contributed by atoms with Crippen LogP contribution in [0.3, 0.4) is 0 Å². The van der Waals surface area contributed by atoms with Gasteiger partial charge in [-0.05, 0) is 73.1 Å². The Kier molecular flexibility index (Phi) is 6.54. The average Bonchev–Trinajstić information content (AvgIpc) is 3.32. The van der Waals surface area contributed by atoms with Gasteiger partial charge in [0.05, 0.1) is 12.0 Å². The molecule has 0 aliphatic carbocycles. The van der Waals surface area contributed by atoms with Crippen LogP contribution in [-0.4, -0.2) is 22.8 Å². The van der Waals surface area contributed by atoms with Crippen LogP contribution in [0.4, 0.5) is 5.69 Å². The van der Waals surface area contributed by atoms with Crippen molar-refractivity contribution in [3.05, 3.63) is 98.5 Å². The monoisotopic (exact) mass is 545 g/mol. The zero-order chi connectivity index (χ0) is 24.5. The Morgan fingerprint density at radius 1 is 1.09 bits per heavy atom. The van der Waals surface area contributed by atoms with Crippen LogP contribution in [0, 0.1) is 13.8 Å². The molecule has 3 aromatic carbocycles. The third-order valence-electron chi connectivity index (χ3n) is 6.02. The van der Waals surface area contributed by atoms with E-state index in [1.54, 1.807) is 7.11 Å². The molecule has 5 rings (SSSR count). The molecule has 5 nitrogen and oxygen atoms in total. The van der Waals surface area contributed by atoms with Crippen LogP contribution in [0.25, 0.3) is 17.0 Å². The van der Waals surface area contributed by atoms with E-state index in [9.17, 15) is 4.79 Å². The predicted octanol–water partition coefficient (Wildman–Crippen LogP) is 6.97. The molecule has 0 unspecified atom stereocenters. The predicted molar refractivity (Wildman–Crippen MR) is 148 cm³/mol. The molecular weight excluding hydrogens is 522 g/mol. The Labute approximate surface area is 217 Å². The number of fused-ring (bicyclic) bond motifs is 1. The van der Waals surface area contributed by atoms with Crippen LogP contribution in [0.1, 0.15) is 22.4 Å². The fourth-order valence-electron chi connectivity index (χ4n) is 4.22. The van der Waals surface area contributed by atoms with Crippen LogP contribution in [0.2, 0.25) is 0 Å². The van der Waals surface area contributed by atoms with Gasteiger partial charge in [-0.2, -0.15) is 0 Å². The summed E-state index contributed by atoms with van der Waals surface area (Å²) in [5.41, 5.74) is 6.28. The van der Waals surface area contributed by atoms with E-state index in [2.05, 4.69) is 74.1 Å². The molecule has 1 aliphatic rings. The lowest BCUT2D eigenvalue weighted by Crippen LogP contribution is -2.19. The third-order valence-corrected chi connectivity index (χ3v) is 7.45. The summed E-state index contributed by atoms with van der Waals surface area (Å²) >= 11 is 4.86. The molecule has 0 spiro atoms. The molecule has 2 heterocycles. The Hall–Kier alpha value is -3.29. The summed E-state index contributed by atoms with van der Waals surface area (Å²) in [6.45, 7) is 4.86. The number of carbonyl (C=O) groups excluding carboxylic acids is 1. The van der Waals surface area contributed by atoms with E-state index in [1.165, 1.54) is 17.3 Å². The van der Waals surface area contributed by atoms with Gasteiger partial charge in [0, 0.05) is 33.2 Å². The van der Waals surface area contributed by atoms with Crippen molar-refractivity contribution < 1.29 is 9.53 Å². The highest BCUT2D eigenvalue weighted by Crippen LogP contribution is 2.35. The second kappa shape index (κ2) is 9.76. The number of hydrogen-bond donors (Lipinski definition) is 1. The number of benzene rings is 3. The quantitative estimate of drug-likeness (QED) is 0.275. The minimum atomic E-state index is -0.149. The second-order valence-electron chi connectivity index (χ2n) is 8.39. The normalized spacial score (nSPS) is 15.8. The summed E-state index contributed by atoms with van der Waals surface area (Å²) in [6, 6.07) is 22.5. The zero-order valence-electron chi connectivity index (χ0n) is 19.6.